The molecule has 0 aliphatic carbocycles. The lowest BCUT2D eigenvalue weighted by molar-refractivity contribution is -0.184. The number of carboxylic acid groups (broad SMARTS) is 1. The molecule has 0 spiro atoms. The van der Waals surface area contributed by atoms with Crippen LogP contribution in [0.15, 0.2) is 35.9 Å². The SMILES string of the molecule is O=C(O)CC1=Cc2cc(-c3ccc(Cl)s3)ccc2OC1C(F)(F)F. The van der Waals surface area contributed by atoms with Gasteiger partial charge in [-0.15, -0.1) is 11.3 Å². The molecule has 126 valence electrons. The van der Waals surface area contributed by atoms with Crippen molar-refractivity contribution in [3.05, 3.63) is 45.8 Å². The summed E-state index contributed by atoms with van der Waals surface area (Å²) in [6.45, 7) is 0. The van der Waals surface area contributed by atoms with Gasteiger partial charge in [0.15, 0.2) is 0 Å². The Bertz CT molecular complexity index is 826. The number of benzene rings is 1. The fraction of sp³-hybridized carbons (Fsp3) is 0.188. The van der Waals surface area contributed by atoms with Crippen LogP contribution in [0, 0.1) is 0 Å². The van der Waals surface area contributed by atoms with Crippen molar-refractivity contribution in [1.82, 2.24) is 0 Å². The van der Waals surface area contributed by atoms with Crippen LogP contribution in [0.5, 0.6) is 5.75 Å². The molecule has 0 bridgehead atoms. The zero-order chi connectivity index (χ0) is 17.5. The van der Waals surface area contributed by atoms with Gasteiger partial charge in [-0.05, 0) is 47.5 Å². The monoisotopic (exact) mass is 374 g/mol. The molecule has 1 atom stereocenters. The second kappa shape index (κ2) is 6.14. The summed E-state index contributed by atoms with van der Waals surface area (Å²) in [6.07, 6.45) is -6.43. The summed E-state index contributed by atoms with van der Waals surface area (Å²) in [5.74, 6) is -1.28. The number of halogens is 4. The van der Waals surface area contributed by atoms with Crippen LogP contribution in [-0.2, 0) is 4.79 Å². The van der Waals surface area contributed by atoms with Crippen molar-refractivity contribution in [3.8, 4) is 16.2 Å². The number of hydrogen-bond donors (Lipinski definition) is 1. The second-order valence-corrected chi connectivity index (χ2v) is 6.90. The topological polar surface area (TPSA) is 46.5 Å². The van der Waals surface area contributed by atoms with Gasteiger partial charge in [0.25, 0.3) is 0 Å². The van der Waals surface area contributed by atoms with Gasteiger partial charge in [-0.2, -0.15) is 13.2 Å². The zero-order valence-corrected chi connectivity index (χ0v) is 13.5. The van der Waals surface area contributed by atoms with Crippen LogP contribution in [0.4, 0.5) is 13.2 Å². The number of alkyl halides is 3. The first-order valence-electron chi connectivity index (χ1n) is 6.79. The highest BCUT2D eigenvalue weighted by Gasteiger charge is 2.46. The van der Waals surface area contributed by atoms with Crippen LogP contribution in [0.2, 0.25) is 4.34 Å². The molecule has 0 amide bonds. The first-order valence-corrected chi connectivity index (χ1v) is 7.99. The Morgan fingerprint density at radius 2 is 2.04 bits per heavy atom. The third kappa shape index (κ3) is 3.42. The normalized spacial score (nSPS) is 17.0. The Balaban J connectivity index is 2.03. The Morgan fingerprint density at radius 3 is 2.62 bits per heavy atom. The number of hydrogen-bond acceptors (Lipinski definition) is 3. The Labute approximate surface area is 143 Å². The summed E-state index contributed by atoms with van der Waals surface area (Å²) in [7, 11) is 0. The first-order chi connectivity index (χ1) is 11.2. The number of carboxylic acids is 1. The fourth-order valence-electron chi connectivity index (χ4n) is 2.46. The molecule has 1 aromatic heterocycles. The van der Waals surface area contributed by atoms with Gasteiger partial charge in [-0.3, -0.25) is 4.79 Å². The van der Waals surface area contributed by atoms with Gasteiger partial charge in [-0.1, -0.05) is 11.6 Å². The second-order valence-electron chi connectivity index (χ2n) is 5.19. The summed E-state index contributed by atoms with van der Waals surface area (Å²) in [5, 5.41) is 8.86. The third-order valence-corrected chi connectivity index (χ3v) is 4.72. The number of rotatable bonds is 3. The zero-order valence-electron chi connectivity index (χ0n) is 11.9. The largest absolute Gasteiger partial charge is 0.481 e. The first kappa shape index (κ1) is 16.9. The third-order valence-electron chi connectivity index (χ3n) is 3.44. The predicted octanol–water partition coefficient (Wildman–Crippen LogP) is 5.25. The molecule has 0 saturated carbocycles. The smallest absolute Gasteiger partial charge is 0.429 e. The molecule has 1 aromatic carbocycles. The summed E-state index contributed by atoms with van der Waals surface area (Å²) in [6, 6.07) is 8.28. The molecule has 3 nitrogen and oxygen atoms in total. The van der Waals surface area contributed by atoms with Crippen LogP contribution in [-0.4, -0.2) is 23.4 Å². The maximum absolute atomic E-state index is 13.1. The molecule has 1 unspecified atom stereocenters. The van der Waals surface area contributed by atoms with Crippen LogP contribution in [0.1, 0.15) is 12.0 Å². The molecule has 2 heterocycles. The van der Waals surface area contributed by atoms with Crippen molar-refractivity contribution in [2.75, 3.05) is 0 Å². The van der Waals surface area contributed by atoms with E-state index >= 15 is 0 Å². The minimum Gasteiger partial charge on any atom is -0.481 e. The lowest BCUT2D eigenvalue weighted by Crippen LogP contribution is -2.38. The highest BCUT2D eigenvalue weighted by Crippen LogP contribution is 2.40. The van der Waals surface area contributed by atoms with Crippen molar-refractivity contribution in [1.29, 1.82) is 0 Å². The minimum atomic E-state index is -4.68. The summed E-state index contributed by atoms with van der Waals surface area (Å²) < 4.78 is 45.0. The molecule has 1 aliphatic heterocycles. The number of carbonyl (C=O) groups is 1. The van der Waals surface area contributed by atoms with Crippen LogP contribution < -0.4 is 4.74 Å². The van der Waals surface area contributed by atoms with E-state index in [2.05, 4.69) is 0 Å². The van der Waals surface area contributed by atoms with Crippen LogP contribution in [0.3, 0.4) is 0 Å². The van der Waals surface area contributed by atoms with E-state index in [0.717, 1.165) is 10.4 Å². The van der Waals surface area contributed by atoms with E-state index in [-0.39, 0.29) is 11.3 Å². The van der Waals surface area contributed by atoms with E-state index in [0.29, 0.717) is 9.90 Å². The van der Waals surface area contributed by atoms with Gasteiger partial charge < -0.3 is 9.84 Å². The number of fused-ring (bicyclic) bond motifs is 1. The van der Waals surface area contributed by atoms with Gasteiger partial charge in [0, 0.05) is 10.4 Å². The molecule has 24 heavy (non-hydrogen) atoms. The molecule has 0 saturated heterocycles. The van der Waals surface area contributed by atoms with Crippen molar-refractivity contribution >= 4 is 35.0 Å². The van der Waals surface area contributed by atoms with Gasteiger partial charge in [0.1, 0.15) is 5.75 Å². The number of ether oxygens (including phenoxy) is 1. The highest BCUT2D eigenvalue weighted by molar-refractivity contribution is 7.19. The summed E-state index contributed by atoms with van der Waals surface area (Å²) in [4.78, 5) is 11.7. The van der Waals surface area contributed by atoms with E-state index in [1.807, 2.05) is 0 Å². The fourth-order valence-corrected chi connectivity index (χ4v) is 3.50. The Morgan fingerprint density at radius 1 is 1.29 bits per heavy atom. The average Bonchev–Trinajstić information content (AvgIpc) is 2.91. The van der Waals surface area contributed by atoms with E-state index in [1.54, 1.807) is 24.3 Å². The lowest BCUT2D eigenvalue weighted by atomic mass is 9.97. The molecule has 3 rings (SSSR count). The standard InChI is InChI=1S/C16H10ClF3O3S/c17-13-4-3-12(24-13)8-1-2-11-9(5-8)6-10(7-14(21)22)15(23-11)16(18,19)20/h1-6,15H,7H2,(H,21,22). The van der Waals surface area contributed by atoms with E-state index in [9.17, 15) is 18.0 Å². The molecule has 2 aromatic rings. The van der Waals surface area contributed by atoms with Gasteiger partial charge >= 0.3 is 12.1 Å². The molecular formula is C16H10ClF3O3S. The van der Waals surface area contributed by atoms with Gasteiger partial charge in [-0.25, -0.2) is 0 Å². The van der Waals surface area contributed by atoms with Crippen molar-refractivity contribution < 1.29 is 27.8 Å². The molecule has 1 aliphatic rings. The van der Waals surface area contributed by atoms with Crippen LogP contribution >= 0.6 is 22.9 Å². The number of thiophene rings is 1. The summed E-state index contributed by atoms with van der Waals surface area (Å²) in [5.41, 5.74) is 0.850. The van der Waals surface area contributed by atoms with E-state index in [4.69, 9.17) is 21.4 Å². The van der Waals surface area contributed by atoms with E-state index in [1.165, 1.54) is 23.5 Å². The van der Waals surface area contributed by atoms with Crippen molar-refractivity contribution in [2.45, 2.75) is 18.7 Å². The van der Waals surface area contributed by atoms with E-state index < -0.39 is 24.7 Å². The molecule has 8 heteroatoms. The summed E-state index contributed by atoms with van der Waals surface area (Å²) >= 11 is 7.23. The van der Waals surface area contributed by atoms with Crippen LogP contribution in [0.25, 0.3) is 16.5 Å². The molecule has 0 radical (unpaired) electrons. The van der Waals surface area contributed by atoms with Gasteiger partial charge in [0.2, 0.25) is 6.10 Å². The maximum atomic E-state index is 13.1. The minimum absolute atomic E-state index is 0.0675. The molecular weight excluding hydrogens is 365 g/mol. The lowest BCUT2D eigenvalue weighted by Gasteiger charge is -2.28. The van der Waals surface area contributed by atoms with Crippen molar-refractivity contribution in [2.24, 2.45) is 0 Å². The molecule has 0 fully saturated rings. The Kier molecular flexibility index (Phi) is 4.31. The Hall–Kier alpha value is -1.99. The van der Waals surface area contributed by atoms with Crippen molar-refractivity contribution in [3.63, 3.8) is 0 Å². The quantitative estimate of drug-likeness (QED) is 0.798. The highest BCUT2D eigenvalue weighted by atomic mass is 35.5. The molecule has 1 N–H and O–H groups in total. The number of aliphatic carboxylic acids is 1. The maximum Gasteiger partial charge on any atom is 0.429 e. The predicted molar refractivity (Wildman–Crippen MR) is 85.5 cm³/mol. The van der Waals surface area contributed by atoms with Gasteiger partial charge in [0.05, 0.1) is 10.8 Å². The average molecular weight is 375 g/mol.